The summed E-state index contributed by atoms with van der Waals surface area (Å²) in [5, 5.41) is 3.05. The second-order valence-corrected chi connectivity index (χ2v) is 5.77. The number of benzene rings is 1. The molecule has 1 saturated carbocycles. The SMILES string of the molecule is CCC1(CNC(=O)c2cccc(C)c2Br)CC1. The summed E-state index contributed by atoms with van der Waals surface area (Å²) in [6, 6.07) is 5.77. The van der Waals surface area contributed by atoms with E-state index < -0.39 is 0 Å². The lowest BCUT2D eigenvalue weighted by atomic mass is 10.0. The van der Waals surface area contributed by atoms with Gasteiger partial charge in [-0.3, -0.25) is 4.79 Å². The van der Waals surface area contributed by atoms with E-state index in [1.807, 2.05) is 25.1 Å². The minimum atomic E-state index is 0.0281. The van der Waals surface area contributed by atoms with Crippen LogP contribution in [0.3, 0.4) is 0 Å². The molecule has 0 aliphatic heterocycles. The van der Waals surface area contributed by atoms with Gasteiger partial charge in [0.1, 0.15) is 0 Å². The Labute approximate surface area is 111 Å². The first-order valence-electron chi connectivity index (χ1n) is 6.11. The van der Waals surface area contributed by atoms with Gasteiger partial charge in [0.2, 0.25) is 0 Å². The van der Waals surface area contributed by atoms with E-state index >= 15 is 0 Å². The standard InChI is InChI=1S/C14H18BrNO/c1-3-14(7-8-14)9-16-13(17)11-6-4-5-10(2)12(11)15/h4-6H,3,7-9H2,1-2H3,(H,16,17). The maximum absolute atomic E-state index is 12.1. The van der Waals surface area contributed by atoms with Gasteiger partial charge in [-0.1, -0.05) is 19.1 Å². The molecule has 1 N–H and O–H groups in total. The second kappa shape index (κ2) is 4.81. The number of hydrogen-bond donors (Lipinski definition) is 1. The number of aryl methyl sites for hydroxylation is 1. The molecule has 0 heterocycles. The zero-order chi connectivity index (χ0) is 12.5. The van der Waals surface area contributed by atoms with Crippen LogP contribution >= 0.6 is 15.9 Å². The van der Waals surface area contributed by atoms with Gasteiger partial charge in [-0.25, -0.2) is 0 Å². The van der Waals surface area contributed by atoms with E-state index in [9.17, 15) is 4.79 Å². The number of rotatable bonds is 4. The van der Waals surface area contributed by atoms with Gasteiger partial charge in [-0.15, -0.1) is 0 Å². The molecular weight excluding hydrogens is 278 g/mol. The van der Waals surface area contributed by atoms with Crippen LogP contribution in [0.5, 0.6) is 0 Å². The molecule has 2 nitrogen and oxygen atoms in total. The molecular formula is C14H18BrNO. The van der Waals surface area contributed by atoms with E-state index in [0.717, 1.165) is 28.6 Å². The summed E-state index contributed by atoms with van der Waals surface area (Å²) in [6.07, 6.45) is 3.65. The monoisotopic (exact) mass is 295 g/mol. The van der Waals surface area contributed by atoms with E-state index in [0.29, 0.717) is 5.41 Å². The summed E-state index contributed by atoms with van der Waals surface area (Å²) in [5.41, 5.74) is 2.22. The molecule has 0 atom stereocenters. The molecule has 1 amide bonds. The minimum Gasteiger partial charge on any atom is -0.351 e. The predicted octanol–water partition coefficient (Wildman–Crippen LogP) is 3.68. The maximum Gasteiger partial charge on any atom is 0.252 e. The van der Waals surface area contributed by atoms with E-state index in [1.54, 1.807) is 0 Å². The highest BCUT2D eigenvalue weighted by molar-refractivity contribution is 9.10. The van der Waals surface area contributed by atoms with Crippen molar-refractivity contribution >= 4 is 21.8 Å². The van der Waals surface area contributed by atoms with Gasteiger partial charge < -0.3 is 5.32 Å². The van der Waals surface area contributed by atoms with E-state index in [1.165, 1.54) is 12.8 Å². The molecule has 92 valence electrons. The normalized spacial score (nSPS) is 16.6. The zero-order valence-electron chi connectivity index (χ0n) is 10.3. The summed E-state index contributed by atoms with van der Waals surface area (Å²) < 4.78 is 0.902. The van der Waals surface area contributed by atoms with Crippen molar-refractivity contribution in [1.82, 2.24) is 5.32 Å². The molecule has 1 aromatic rings. The highest BCUT2D eigenvalue weighted by Crippen LogP contribution is 2.47. The lowest BCUT2D eigenvalue weighted by molar-refractivity contribution is 0.0943. The maximum atomic E-state index is 12.1. The van der Waals surface area contributed by atoms with Crippen molar-refractivity contribution in [2.24, 2.45) is 5.41 Å². The third-order valence-corrected chi connectivity index (χ3v) is 4.82. The van der Waals surface area contributed by atoms with Gasteiger partial charge in [-0.05, 0) is 59.2 Å². The van der Waals surface area contributed by atoms with Crippen LogP contribution in [0.4, 0.5) is 0 Å². The van der Waals surface area contributed by atoms with Crippen LogP contribution < -0.4 is 5.32 Å². The Hall–Kier alpha value is -0.830. The third kappa shape index (κ3) is 2.71. The van der Waals surface area contributed by atoms with Crippen molar-refractivity contribution < 1.29 is 4.79 Å². The molecule has 1 aliphatic rings. The average molecular weight is 296 g/mol. The van der Waals surface area contributed by atoms with Crippen LogP contribution in [0.1, 0.15) is 42.1 Å². The van der Waals surface area contributed by atoms with Crippen LogP contribution in [-0.2, 0) is 0 Å². The molecule has 1 fully saturated rings. The number of hydrogen-bond acceptors (Lipinski definition) is 1. The third-order valence-electron chi connectivity index (χ3n) is 3.77. The number of carbonyl (C=O) groups is 1. The minimum absolute atomic E-state index is 0.0281. The molecule has 17 heavy (non-hydrogen) atoms. The molecule has 0 bridgehead atoms. The Bertz CT molecular complexity index is 438. The summed E-state index contributed by atoms with van der Waals surface area (Å²) >= 11 is 3.47. The summed E-state index contributed by atoms with van der Waals surface area (Å²) in [7, 11) is 0. The lowest BCUT2D eigenvalue weighted by Gasteiger charge is -2.14. The molecule has 0 unspecified atom stereocenters. The summed E-state index contributed by atoms with van der Waals surface area (Å²) in [6.45, 7) is 5.00. The van der Waals surface area contributed by atoms with Gasteiger partial charge in [0, 0.05) is 11.0 Å². The van der Waals surface area contributed by atoms with Crippen LogP contribution in [-0.4, -0.2) is 12.5 Å². The van der Waals surface area contributed by atoms with Crippen molar-refractivity contribution in [1.29, 1.82) is 0 Å². The molecule has 3 heteroatoms. The fraction of sp³-hybridized carbons (Fsp3) is 0.500. The topological polar surface area (TPSA) is 29.1 Å². The Kier molecular flexibility index (Phi) is 3.57. The van der Waals surface area contributed by atoms with E-state index in [4.69, 9.17) is 0 Å². The van der Waals surface area contributed by atoms with Gasteiger partial charge in [0.25, 0.3) is 5.91 Å². The predicted molar refractivity (Wildman–Crippen MR) is 73.2 cm³/mol. The second-order valence-electron chi connectivity index (χ2n) is 4.97. The molecule has 1 aliphatic carbocycles. The van der Waals surface area contributed by atoms with Gasteiger partial charge in [0.15, 0.2) is 0 Å². The fourth-order valence-corrected chi connectivity index (χ4v) is 2.46. The number of carbonyl (C=O) groups excluding carboxylic acids is 1. The molecule has 1 aromatic carbocycles. The molecule has 0 saturated heterocycles. The molecule has 0 spiro atoms. The average Bonchev–Trinajstić information content (AvgIpc) is 3.10. The number of nitrogens with one attached hydrogen (secondary N) is 1. The number of amides is 1. The van der Waals surface area contributed by atoms with Crippen molar-refractivity contribution in [2.75, 3.05) is 6.54 Å². The lowest BCUT2D eigenvalue weighted by Crippen LogP contribution is -2.30. The van der Waals surface area contributed by atoms with Gasteiger partial charge in [-0.2, -0.15) is 0 Å². The van der Waals surface area contributed by atoms with Crippen molar-refractivity contribution in [3.63, 3.8) is 0 Å². The largest absolute Gasteiger partial charge is 0.351 e. The Morgan fingerprint density at radius 1 is 1.47 bits per heavy atom. The van der Waals surface area contributed by atoms with E-state index in [2.05, 4.69) is 28.2 Å². The van der Waals surface area contributed by atoms with Crippen LogP contribution in [0.2, 0.25) is 0 Å². The van der Waals surface area contributed by atoms with E-state index in [-0.39, 0.29) is 5.91 Å². The summed E-state index contributed by atoms with van der Waals surface area (Å²) in [4.78, 5) is 12.1. The van der Waals surface area contributed by atoms with Crippen molar-refractivity contribution in [3.05, 3.63) is 33.8 Å². The Morgan fingerprint density at radius 3 is 2.76 bits per heavy atom. The highest BCUT2D eigenvalue weighted by atomic mass is 79.9. The zero-order valence-corrected chi connectivity index (χ0v) is 11.9. The van der Waals surface area contributed by atoms with Crippen molar-refractivity contribution in [3.8, 4) is 0 Å². The quantitative estimate of drug-likeness (QED) is 0.902. The Morgan fingerprint density at radius 2 is 2.18 bits per heavy atom. The number of halogens is 1. The van der Waals surface area contributed by atoms with Crippen LogP contribution in [0.15, 0.2) is 22.7 Å². The molecule has 0 radical (unpaired) electrons. The Balaban J connectivity index is 2.02. The summed E-state index contributed by atoms with van der Waals surface area (Å²) in [5.74, 6) is 0.0281. The smallest absolute Gasteiger partial charge is 0.252 e. The van der Waals surface area contributed by atoms with Crippen LogP contribution in [0, 0.1) is 12.3 Å². The van der Waals surface area contributed by atoms with Crippen LogP contribution in [0.25, 0.3) is 0 Å². The fourth-order valence-electron chi connectivity index (χ4n) is 2.02. The highest BCUT2D eigenvalue weighted by Gasteiger charge is 2.40. The molecule has 2 rings (SSSR count). The van der Waals surface area contributed by atoms with Gasteiger partial charge in [0.05, 0.1) is 5.56 Å². The van der Waals surface area contributed by atoms with Gasteiger partial charge >= 0.3 is 0 Å². The molecule has 0 aromatic heterocycles. The first-order valence-corrected chi connectivity index (χ1v) is 6.90. The first kappa shape index (κ1) is 12.6. The first-order chi connectivity index (χ1) is 8.08. The van der Waals surface area contributed by atoms with Crippen molar-refractivity contribution in [2.45, 2.75) is 33.1 Å².